The molecule has 0 aliphatic heterocycles. The van der Waals surface area contributed by atoms with E-state index >= 15 is 0 Å². The van der Waals surface area contributed by atoms with Crippen molar-refractivity contribution in [3.8, 4) is 22.3 Å². The van der Waals surface area contributed by atoms with Crippen molar-refractivity contribution in [1.82, 2.24) is 4.98 Å². The van der Waals surface area contributed by atoms with Crippen LogP contribution in [0.4, 0.5) is 0 Å². The normalized spacial score (nSPS) is 11.3. The Bertz CT molecular complexity index is 1530. The summed E-state index contributed by atoms with van der Waals surface area (Å²) in [6, 6.07) is 21.0. The summed E-state index contributed by atoms with van der Waals surface area (Å²) in [6.07, 6.45) is -0.0930. The van der Waals surface area contributed by atoms with Crippen LogP contribution in [0.2, 0.25) is 5.02 Å². The lowest BCUT2D eigenvalue weighted by Gasteiger charge is -2.10. The number of halogens is 1. The molecule has 0 saturated carbocycles. The van der Waals surface area contributed by atoms with Crippen molar-refractivity contribution < 1.29 is 9.90 Å². The Hall–Kier alpha value is -3.41. The number of benzene rings is 3. The Morgan fingerprint density at radius 1 is 0.935 bits per heavy atom. The van der Waals surface area contributed by atoms with E-state index in [-0.39, 0.29) is 12.0 Å². The molecule has 2 aromatic heterocycles. The lowest BCUT2D eigenvalue weighted by atomic mass is 9.99. The molecule has 5 aromatic rings. The molecule has 0 atom stereocenters. The van der Waals surface area contributed by atoms with E-state index in [9.17, 15) is 9.59 Å². The van der Waals surface area contributed by atoms with Gasteiger partial charge in [-0.3, -0.25) is 9.59 Å². The number of hydrogen-bond donors (Lipinski definition) is 2. The maximum absolute atomic E-state index is 12.7. The molecule has 0 bridgehead atoms. The average molecular weight is 446 g/mol. The zero-order valence-corrected chi connectivity index (χ0v) is 17.8. The summed E-state index contributed by atoms with van der Waals surface area (Å²) in [4.78, 5) is 26.7. The highest BCUT2D eigenvalue weighted by Crippen LogP contribution is 2.35. The molecule has 31 heavy (non-hydrogen) atoms. The van der Waals surface area contributed by atoms with Crippen LogP contribution in [0.3, 0.4) is 0 Å². The van der Waals surface area contributed by atoms with E-state index < -0.39 is 5.97 Å². The van der Waals surface area contributed by atoms with Gasteiger partial charge < -0.3 is 10.1 Å². The molecule has 152 valence electrons. The molecule has 0 radical (unpaired) electrons. The molecule has 5 rings (SSSR count). The number of carboxylic acid groups (broad SMARTS) is 1. The number of aromatic nitrogens is 1. The van der Waals surface area contributed by atoms with Crippen LogP contribution in [-0.2, 0) is 11.2 Å². The first-order valence-electron chi connectivity index (χ1n) is 9.63. The average Bonchev–Trinajstić information content (AvgIpc) is 3.20. The van der Waals surface area contributed by atoms with Crippen molar-refractivity contribution in [2.24, 2.45) is 0 Å². The van der Waals surface area contributed by atoms with Crippen LogP contribution >= 0.6 is 22.9 Å². The quantitative estimate of drug-likeness (QED) is 0.338. The van der Waals surface area contributed by atoms with Gasteiger partial charge in [0.25, 0.3) is 5.56 Å². The first kappa shape index (κ1) is 19.5. The van der Waals surface area contributed by atoms with E-state index in [4.69, 9.17) is 16.7 Å². The smallest absolute Gasteiger partial charge is 0.307 e. The second kappa shape index (κ2) is 7.69. The summed E-state index contributed by atoms with van der Waals surface area (Å²) in [5.74, 6) is -0.911. The van der Waals surface area contributed by atoms with Gasteiger partial charge in [-0.1, -0.05) is 48.0 Å². The molecule has 0 aliphatic rings. The van der Waals surface area contributed by atoms with Gasteiger partial charge in [-0.05, 0) is 63.2 Å². The number of H-pyrrole nitrogens is 1. The topological polar surface area (TPSA) is 70.2 Å². The van der Waals surface area contributed by atoms with Gasteiger partial charge in [0.15, 0.2) is 0 Å². The van der Waals surface area contributed by atoms with Crippen LogP contribution in [-0.4, -0.2) is 16.1 Å². The number of nitrogens with one attached hydrogen (secondary N) is 1. The standard InChI is InChI=1S/C25H16ClNO3S/c26-21-13-22-18(10-19(21)17-5-4-15-6-7-31-23(15)12-17)11-20(25(30)27-22)16-3-1-2-14(8-16)9-24(28)29/h1-8,10-13H,9H2,(H,27,30)(H,28,29). The van der Waals surface area contributed by atoms with Gasteiger partial charge >= 0.3 is 5.97 Å². The number of thiophene rings is 1. The van der Waals surface area contributed by atoms with Crippen LogP contribution in [0.15, 0.2) is 76.9 Å². The number of rotatable bonds is 4. The van der Waals surface area contributed by atoms with Crippen LogP contribution in [0.5, 0.6) is 0 Å². The molecule has 4 nitrogen and oxygen atoms in total. The highest BCUT2D eigenvalue weighted by atomic mass is 35.5. The summed E-state index contributed by atoms with van der Waals surface area (Å²) in [6.45, 7) is 0. The van der Waals surface area contributed by atoms with Gasteiger partial charge in [0.1, 0.15) is 0 Å². The van der Waals surface area contributed by atoms with Crippen molar-refractivity contribution >= 4 is 49.9 Å². The van der Waals surface area contributed by atoms with Gasteiger partial charge in [0, 0.05) is 21.3 Å². The van der Waals surface area contributed by atoms with Crippen molar-refractivity contribution in [2.75, 3.05) is 0 Å². The van der Waals surface area contributed by atoms with Gasteiger partial charge in [0.05, 0.1) is 11.4 Å². The first-order valence-corrected chi connectivity index (χ1v) is 10.9. The Balaban J connectivity index is 1.65. The van der Waals surface area contributed by atoms with Crippen LogP contribution < -0.4 is 5.56 Å². The molecule has 0 spiro atoms. The van der Waals surface area contributed by atoms with Gasteiger partial charge in [-0.15, -0.1) is 11.3 Å². The summed E-state index contributed by atoms with van der Waals surface area (Å²) >= 11 is 8.25. The number of carboxylic acids is 1. The van der Waals surface area contributed by atoms with Gasteiger partial charge in [0.2, 0.25) is 0 Å². The third-order valence-corrected chi connectivity index (χ3v) is 6.48. The zero-order valence-electron chi connectivity index (χ0n) is 16.2. The van der Waals surface area contributed by atoms with Crippen LogP contribution in [0.1, 0.15) is 5.56 Å². The van der Waals surface area contributed by atoms with Crippen LogP contribution in [0, 0.1) is 0 Å². The van der Waals surface area contributed by atoms with Gasteiger partial charge in [-0.25, -0.2) is 0 Å². The Morgan fingerprint density at radius 2 is 1.74 bits per heavy atom. The molecular formula is C25H16ClNO3S. The van der Waals surface area contributed by atoms with Crippen LogP contribution in [0.25, 0.3) is 43.2 Å². The molecule has 6 heteroatoms. The molecule has 0 amide bonds. The third-order valence-electron chi connectivity index (χ3n) is 5.29. The molecule has 2 N–H and O–H groups in total. The van der Waals surface area contributed by atoms with Crippen molar-refractivity contribution in [2.45, 2.75) is 6.42 Å². The molecule has 0 saturated heterocycles. The monoisotopic (exact) mass is 445 g/mol. The predicted octanol–water partition coefficient (Wildman–Crippen LogP) is 6.36. The number of fused-ring (bicyclic) bond motifs is 2. The number of pyridine rings is 1. The molecule has 2 heterocycles. The Morgan fingerprint density at radius 3 is 2.58 bits per heavy atom. The Kier molecular flexibility index (Phi) is 4.85. The number of aromatic amines is 1. The van der Waals surface area contributed by atoms with Crippen molar-refractivity contribution in [1.29, 1.82) is 0 Å². The highest BCUT2D eigenvalue weighted by Gasteiger charge is 2.12. The fourth-order valence-corrected chi connectivity index (χ4v) is 4.91. The van der Waals surface area contributed by atoms with E-state index in [2.05, 4.69) is 28.6 Å². The van der Waals surface area contributed by atoms with E-state index in [1.807, 2.05) is 24.3 Å². The van der Waals surface area contributed by atoms with Gasteiger partial charge in [-0.2, -0.15) is 0 Å². The SMILES string of the molecule is O=C(O)Cc1cccc(-c2cc3cc(-c4ccc5ccsc5c4)c(Cl)cc3[nH]c2=O)c1. The molecule has 0 fully saturated rings. The van der Waals surface area contributed by atoms with E-state index in [0.29, 0.717) is 27.2 Å². The lowest BCUT2D eigenvalue weighted by molar-refractivity contribution is -0.136. The predicted molar refractivity (Wildman–Crippen MR) is 127 cm³/mol. The lowest BCUT2D eigenvalue weighted by Crippen LogP contribution is -2.09. The fraction of sp³-hybridized carbons (Fsp3) is 0.0400. The number of aliphatic carboxylic acids is 1. The molecule has 0 aliphatic carbocycles. The molecule has 3 aromatic carbocycles. The number of hydrogen-bond acceptors (Lipinski definition) is 3. The minimum absolute atomic E-state index is 0.0930. The third kappa shape index (κ3) is 3.74. The first-order chi connectivity index (χ1) is 15.0. The van der Waals surface area contributed by atoms with E-state index in [0.717, 1.165) is 16.5 Å². The minimum atomic E-state index is -0.911. The van der Waals surface area contributed by atoms with E-state index in [1.54, 1.807) is 35.6 Å². The van der Waals surface area contributed by atoms with Crippen molar-refractivity contribution in [3.05, 3.63) is 93.0 Å². The second-order valence-corrected chi connectivity index (χ2v) is 8.73. The largest absolute Gasteiger partial charge is 0.481 e. The molecular weight excluding hydrogens is 430 g/mol. The minimum Gasteiger partial charge on any atom is -0.481 e. The maximum Gasteiger partial charge on any atom is 0.307 e. The summed E-state index contributed by atoms with van der Waals surface area (Å²) in [7, 11) is 0. The second-order valence-electron chi connectivity index (χ2n) is 7.38. The summed E-state index contributed by atoms with van der Waals surface area (Å²) in [5.41, 5.74) is 4.12. The number of carbonyl (C=O) groups is 1. The Labute approximate surface area is 186 Å². The fourth-order valence-electron chi connectivity index (χ4n) is 3.81. The summed E-state index contributed by atoms with van der Waals surface area (Å²) in [5, 5.41) is 13.7. The maximum atomic E-state index is 12.7. The molecule has 0 unspecified atom stereocenters. The van der Waals surface area contributed by atoms with Crippen molar-refractivity contribution in [3.63, 3.8) is 0 Å². The highest BCUT2D eigenvalue weighted by molar-refractivity contribution is 7.17. The summed E-state index contributed by atoms with van der Waals surface area (Å²) < 4.78 is 1.19. The van der Waals surface area contributed by atoms with E-state index in [1.165, 1.54) is 10.1 Å². The zero-order chi connectivity index (χ0) is 21.5.